The summed E-state index contributed by atoms with van der Waals surface area (Å²) in [7, 11) is 0. The number of hydrogen-bond donors (Lipinski definition) is 3. The van der Waals surface area contributed by atoms with Crippen LogP contribution in [-0.4, -0.2) is 64.2 Å². The molecule has 5 rings (SSSR count). The molecule has 3 saturated heterocycles. The van der Waals surface area contributed by atoms with Crippen molar-refractivity contribution in [2.45, 2.75) is 83.2 Å². The van der Waals surface area contributed by atoms with Gasteiger partial charge < -0.3 is 30.1 Å². The highest BCUT2D eigenvalue weighted by molar-refractivity contribution is 6.02. The van der Waals surface area contributed by atoms with E-state index < -0.39 is 35.1 Å². The summed E-state index contributed by atoms with van der Waals surface area (Å²) in [5.74, 6) is -1.64. The fourth-order valence-electron chi connectivity index (χ4n) is 7.47. The van der Waals surface area contributed by atoms with Crippen molar-refractivity contribution < 1.29 is 29.0 Å². The number of amides is 3. The van der Waals surface area contributed by atoms with Crippen molar-refractivity contribution in [3.05, 3.63) is 60.2 Å². The highest BCUT2D eigenvalue weighted by Gasteiger charge is 2.79. The lowest BCUT2D eigenvalue weighted by atomic mass is 9.65. The first-order chi connectivity index (χ1) is 20.2. The van der Waals surface area contributed by atoms with Crippen molar-refractivity contribution in [1.29, 1.82) is 0 Å². The van der Waals surface area contributed by atoms with Gasteiger partial charge in [-0.05, 0) is 68.4 Å². The molecule has 2 bridgehead atoms. The molecule has 1 spiro atoms. The van der Waals surface area contributed by atoms with Crippen LogP contribution in [0.1, 0.15) is 58.9 Å². The van der Waals surface area contributed by atoms with Crippen LogP contribution >= 0.6 is 0 Å². The van der Waals surface area contributed by atoms with E-state index in [1.807, 2.05) is 58.0 Å². The van der Waals surface area contributed by atoms with Gasteiger partial charge in [-0.15, -0.1) is 0 Å². The Morgan fingerprint density at radius 1 is 1.07 bits per heavy atom. The van der Waals surface area contributed by atoms with E-state index >= 15 is 0 Å². The largest absolute Gasteiger partial charge is 0.494 e. The topological polar surface area (TPSA) is 117 Å². The first-order valence-corrected chi connectivity index (χ1v) is 15.2. The normalized spacial score (nSPS) is 28.6. The van der Waals surface area contributed by atoms with E-state index in [0.29, 0.717) is 50.3 Å². The number of carbonyl (C=O) groups excluding carboxylic acids is 3. The van der Waals surface area contributed by atoms with Gasteiger partial charge in [0.15, 0.2) is 0 Å². The summed E-state index contributed by atoms with van der Waals surface area (Å²) in [6.45, 7) is 8.48. The lowest BCUT2D eigenvalue weighted by Gasteiger charge is -2.38. The number of aliphatic hydroxyl groups excluding tert-OH is 1. The van der Waals surface area contributed by atoms with Crippen LogP contribution in [0.2, 0.25) is 0 Å². The number of nitrogens with one attached hydrogen (secondary N) is 2. The smallest absolute Gasteiger partial charge is 0.246 e. The van der Waals surface area contributed by atoms with Crippen LogP contribution in [0.15, 0.2) is 54.6 Å². The average molecular weight is 578 g/mol. The van der Waals surface area contributed by atoms with E-state index in [0.717, 1.165) is 5.56 Å². The fraction of sp³-hybridized carbons (Fsp3) is 0.545. The van der Waals surface area contributed by atoms with Gasteiger partial charge in [-0.25, -0.2) is 0 Å². The summed E-state index contributed by atoms with van der Waals surface area (Å²) in [4.78, 5) is 44.1. The van der Waals surface area contributed by atoms with E-state index in [1.165, 1.54) is 0 Å². The number of hydrogen-bond acceptors (Lipinski definition) is 6. The number of anilines is 1. The Hall–Kier alpha value is -3.43. The van der Waals surface area contributed by atoms with Gasteiger partial charge in [0, 0.05) is 12.2 Å². The zero-order chi connectivity index (χ0) is 30.1. The Kier molecular flexibility index (Phi) is 8.62. The number of nitrogens with zero attached hydrogens (tertiary/aromatic N) is 1. The number of ether oxygens (including phenoxy) is 2. The molecule has 3 fully saturated rings. The van der Waals surface area contributed by atoms with E-state index in [-0.39, 0.29) is 30.2 Å². The lowest BCUT2D eigenvalue weighted by Crippen LogP contribution is -2.58. The molecule has 3 amide bonds. The van der Waals surface area contributed by atoms with E-state index in [1.54, 1.807) is 29.2 Å². The zero-order valence-electron chi connectivity index (χ0n) is 25.0. The number of likely N-dealkylation sites (tertiary alicyclic amines) is 1. The van der Waals surface area contributed by atoms with Gasteiger partial charge in [0.1, 0.15) is 17.4 Å². The number of aliphatic hydroxyl groups is 1. The Balaban J connectivity index is 1.49. The molecule has 0 aromatic heterocycles. The predicted octanol–water partition coefficient (Wildman–Crippen LogP) is 3.90. The third-order valence-electron chi connectivity index (χ3n) is 9.24. The molecule has 9 nitrogen and oxygen atoms in total. The van der Waals surface area contributed by atoms with Gasteiger partial charge in [-0.3, -0.25) is 14.4 Å². The van der Waals surface area contributed by atoms with Crippen LogP contribution in [0.3, 0.4) is 0 Å². The first kappa shape index (κ1) is 30.0. The molecule has 6 atom stereocenters. The van der Waals surface area contributed by atoms with E-state index in [2.05, 4.69) is 10.6 Å². The van der Waals surface area contributed by atoms with Crippen molar-refractivity contribution >= 4 is 23.4 Å². The minimum atomic E-state index is -1.15. The molecule has 3 aliphatic heterocycles. The third kappa shape index (κ3) is 5.17. The molecule has 226 valence electrons. The summed E-state index contributed by atoms with van der Waals surface area (Å²) < 4.78 is 12.4. The van der Waals surface area contributed by atoms with Gasteiger partial charge in [0.05, 0.1) is 36.7 Å². The van der Waals surface area contributed by atoms with Gasteiger partial charge >= 0.3 is 0 Å². The lowest BCUT2D eigenvalue weighted by molar-refractivity contribution is -0.150. The molecular formula is C33H43N3O6. The minimum absolute atomic E-state index is 0.180. The second-order valence-corrected chi connectivity index (χ2v) is 12.2. The number of benzene rings is 2. The summed E-state index contributed by atoms with van der Waals surface area (Å²) >= 11 is 0. The van der Waals surface area contributed by atoms with Gasteiger partial charge in [0.2, 0.25) is 17.7 Å². The van der Waals surface area contributed by atoms with Crippen LogP contribution in [-0.2, 0) is 25.7 Å². The summed E-state index contributed by atoms with van der Waals surface area (Å²) in [5, 5.41) is 16.5. The van der Waals surface area contributed by atoms with Crippen LogP contribution in [0.5, 0.6) is 5.75 Å². The molecule has 3 heterocycles. The van der Waals surface area contributed by atoms with Crippen LogP contribution in [0.4, 0.5) is 5.69 Å². The molecule has 42 heavy (non-hydrogen) atoms. The maximum Gasteiger partial charge on any atom is 0.246 e. The maximum absolute atomic E-state index is 14.4. The summed E-state index contributed by atoms with van der Waals surface area (Å²) in [6, 6.07) is 15.2. The van der Waals surface area contributed by atoms with E-state index in [9.17, 15) is 19.5 Å². The van der Waals surface area contributed by atoms with Crippen molar-refractivity contribution in [3.63, 3.8) is 0 Å². The Bertz CT molecular complexity index is 1280. The predicted molar refractivity (Wildman–Crippen MR) is 159 cm³/mol. The fourth-order valence-corrected chi connectivity index (χ4v) is 7.47. The molecule has 0 aliphatic carbocycles. The second-order valence-electron chi connectivity index (χ2n) is 12.2. The number of carbonyl (C=O) groups is 3. The number of fused-ring (bicyclic) bond motifs is 1. The van der Waals surface area contributed by atoms with Crippen molar-refractivity contribution in [3.8, 4) is 5.75 Å². The maximum atomic E-state index is 14.4. The van der Waals surface area contributed by atoms with Crippen molar-refractivity contribution in [2.24, 2.45) is 17.8 Å². The second kappa shape index (κ2) is 12.1. The van der Waals surface area contributed by atoms with Crippen LogP contribution in [0, 0.1) is 17.8 Å². The summed E-state index contributed by atoms with van der Waals surface area (Å²) in [6.07, 6.45) is 2.12. The Labute approximate surface area is 248 Å². The molecule has 2 unspecified atom stereocenters. The Morgan fingerprint density at radius 2 is 1.79 bits per heavy atom. The molecule has 0 saturated carbocycles. The minimum Gasteiger partial charge on any atom is -0.494 e. The molecular weight excluding hydrogens is 534 g/mol. The highest BCUT2D eigenvalue weighted by atomic mass is 16.5. The molecule has 0 radical (unpaired) electrons. The SMILES string of the molecule is CCOc1ccc(NC(=O)[C@@H]2[C@H]3C(=O)N([C@@H](CO)CC(C)C)C(C(=O)NCc4ccccc4)C34CC[C@@]2(CC)O4)cc1. The molecule has 2 aromatic rings. The van der Waals surface area contributed by atoms with Crippen molar-refractivity contribution in [2.75, 3.05) is 18.5 Å². The molecule has 3 aliphatic rings. The van der Waals surface area contributed by atoms with Gasteiger partial charge in [0.25, 0.3) is 0 Å². The van der Waals surface area contributed by atoms with E-state index in [4.69, 9.17) is 9.47 Å². The molecule has 9 heteroatoms. The zero-order valence-corrected chi connectivity index (χ0v) is 25.0. The van der Waals surface area contributed by atoms with Crippen molar-refractivity contribution in [1.82, 2.24) is 10.2 Å². The molecule has 2 aromatic carbocycles. The standard InChI is InChI=1S/C33H43N3O6/c1-5-32-16-17-33(42-32)27(26(32)29(38)35-23-12-14-25(15-13-23)41-6-2)31(40)36(24(20-37)18-21(3)4)28(33)30(39)34-19-22-10-8-7-9-11-22/h7-15,21,24,26-28,37H,5-6,16-20H2,1-4H3,(H,34,39)(H,35,38)/t24-,26+,27+,28?,32-,33?/m1/s1. The van der Waals surface area contributed by atoms with Crippen LogP contribution in [0.25, 0.3) is 0 Å². The average Bonchev–Trinajstić information content (AvgIpc) is 3.60. The van der Waals surface area contributed by atoms with Gasteiger partial charge in [-0.1, -0.05) is 51.1 Å². The molecule has 3 N–H and O–H groups in total. The van der Waals surface area contributed by atoms with Gasteiger partial charge in [-0.2, -0.15) is 0 Å². The Morgan fingerprint density at radius 3 is 2.40 bits per heavy atom. The third-order valence-corrected chi connectivity index (χ3v) is 9.24. The first-order valence-electron chi connectivity index (χ1n) is 15.2. The highest BCUT2D eigenvalue weighted by Crippen LogP contribution is 2.64. The van der Waals surface area contributed by atoms with Crippen LogP contribution < -0.4 is 15.4 Å². The quantitative estimate of drug-likeness (QED) is 0.352. The summed E-state index contributed by atoms with van der Waals surface area (Å²) in [5.41, 5.74) is -0.476. The monoisotopic (exact) mass is 577 g/mol. The number of rotatable bonds is 12.